The fourth-order valence-corrected chi connectivity index (χ4v) is 1.80. The summed E-state index contributed by atoms with van der Waals surface area (Å²) in [5.74, 6) is 6.15. The van der Waals surface area contributed by atoms with Crippen LogP contribution < -0.4 is 0 Å². The molecule has 0 heterocycles. The Morgan fingerprint density at radius 3 is 1.56 bits per heavy atom. The van der Waals surface area contributed by atoms with Crippen LogP contribution in [0.3, 0.4) is 0 Å². The predicted molar refractivity (Wildman–Crippen MR) is 73.9 cm³/mol. The van der Waals surface area contributed by atoms with Crippen LogP contribution >= 0.6 is 0 Å². The summed E-state index contributed by atoms with van der Waals surface area (Å²) in [4.78, 5) is 0. The Labute approximate surface area is 103 Å². The largest absolute Gasteiger partial charge is 0.103 e. The van der Waals surface area contributed by atoms with Crippen molar-refractivity contribution in [2.75, 3.05) is 0 Å². The van der Waals surface area contributed by atoms with Crippen molar-refractivity contribution >= 4 is 0 Å². The van der Waals surface area contributed by atoms with E-state index in [0.29, 0.717) is 0 Å². The average molecular weight is 220 g/mol. The smallest absolute Gasteiger partial charge is 0.00890 e. The standard InChI is InChI=1S/C16H28/c1-3-5-7-9-11-13-15-16-14-12-10-8-6-4-2/h1-5,7,9-16H2. The topological polar surface area (TPSA) is 0 Å². The highest BCUT2D eigenvalue weighted by Gasteiger charge is 1.91. The van der Waals surface area contributed by atoms with E-state index in [1.54, 1.807) is 0 Å². The van der Waals surface area contributed by atoms with E-state index < -0.39 is 0 Å². The minimum atomic E-state index is 0.757. The van der Waals surface area contributed by atoms with Crippen molar-refractivity contribution in [2.24, 2.45) is 0 Å². The molecule has 92 valence electrons. The van der Waals surface area contributed by atoms with Gasteiger partial charge in [-0.25, -0.2) is 0 Å². The molecule has 0 atom stereocenters. The molecule has 0 heteroatoms. The summed E-state index contributed by atoms with van der Waals surface area (Å²) in [5, 5.41) is 0. The van der Waals surface area contributed by atoms with E-state index in [2.05, 4.69) is 25.7 Å². The van der Waals surface area contributed by atoms with Gasteiger partial charge in [0.2, 0.25) is 0 Å². The van der Waals surface area contributed by atoms with Crippen LogP contribution in [0.5, 0.6) is 0 Å². The summed E-state index contributed by atoms with van der Waals surface area (Å²) in [6, 6.07) is 0. The molecule has 0 aromatic carbocycles. The average Bonchev–Trinajstić information content (AvgIpc) is 2.31. The molecule has 0 spiro atoms. The number of unbranched alkanes of at least 4 members (excludes halogenated alkanes) is 10. The minimum absolute atomic E-state index is 0.757. The maximum Gasteiger partial charge on any atom is 0.00890 e. The Kier molecular flexibility index (Phi) is 14.2. The Bertz CT molecular complexity index is 170. The molecule has 0 saturated carbocycles. The van der Waals surface area contributed by atoms with Crippen molar-refractivity contribution in [3.63, 3.8) is 0 Å². The first kappa shape index (κ1) is 15.6. The number of hydrogen-bond donors (Lipinski definition) is 0. The van der Waals surface area contributed by atoms with Gasteiger partial charge in [0.15, 0.2) is 0 Å². The van der Waals surface area contributed by atoms with E-state index in [1.165, 1.54) is 57.8 Å². The summed E-state index contributed by atoms with van der Waals surface area (Å²) < 4.78 is 0. The lowest BCUT2D eigenvalue weighted by Gasteiger charge is -2.00. The van der Waals surface area contributed by atoms with Gasteiger partial charge in [-0.1, -0.05) is 64.7 Å². The second-order valence-corrected chi connectivity index (χ2v) is 4.39. The summed E-state index contributed by atoms with van der Waals surface area (Å²) in [5.41, 5.74) is 0. The quantitative estimate of drug-likeness (QED) is 0.344. The molecule has 0 aliphatic rings. The zero-order valence-corrected chi connectivity index (χ0v) is 10.9. The highest BCUT2D eigenvalue weighted by Crippen LogP contribution is 2.10. The van der Waals surface area contributed by atoms with Gasteiger partial charge >= 0.3 is 0 Å². The summed E-state index contributed by atoms with van der Waals surface area (Å²) in [6.45, 7) is 7.56. The van der Waals surface area contributed by atoms with Crippen molar-refractivity contribution < 1.29 is 0 Å². The van der Waals surface area contributed by atoms with Crippen LogP contribution in [0.4, 0.5) is 0 Å². The van der Waals surface area contributed by atoms with Crippen molar-refractivity contribution in [1.29, 1.82) is 0 Å². The second-order valence-electron chi connectivity index (χ2n) is 4.39. The van der Waals surface area contributed by atoms with Gasteiger partial charge in [0, 0.05) is 12.8 Å². The van der Waals surface area contributed by atoms with E-state index in [1.807, 2.05) is 0 Å². The van der Waals surface area contributed by atoms with Gasteiger partial charge in [-0.2, -0.15) is 0 Å². The lowest BCUT2D eigenvalue weighted by molar-refractivity contribution is 0.562. The maximum atomic E-state index is 3.86. The van der Waals surface area contributed by atoms with E-state index in [-0.39, 0.29) is 0 Å². The van der Waals surface area contributed by atoms with Crippen molar-refractivity contribution in [3.8, 4) is 11.8 Å². The van der Waals surface area contributed by atoms with Gasteiger partial charge < -0.3 is 0 Å². The lowest BCUT2D eigenvalue weighted by atomic mass is 10.1. The molecular weight excluding hydrogens is 192 g/mol. The molecule has 0 fully saturated rings. The van der Waals surface area contributed by atoms with Gasteiger partial charge in [-0.3, -0.25) is 0 Å². The van der Waals surface area contributed by atoms with Crippen LogP contribution in [0, 0.1) is 25.7 Å². The second kappa shape index (κ2) is 14.6. The molecule has 0 unspecified atom stereocenters. The van der Waals surface area contributed by atoms with E-state index in [4.69, 9.17) is 0 Å². The normalized spacial score (nSPS) is 9.88. The fourth-order valence-electron chi connectivity index (χ4n) is 1.80. The highest BCUT2D eigenvalue weighted by atomic mass is 14.0. The monoisotopic (exact) mass is 220 g/mol. The summed E-state index contributed by atoms with van der Waals surface area (Å²) in [6.07, 6.45) is 15.3. The molecular formula is C16H28. The third-order valence-electron chi connectivity index (χ3n) is 2.80. The van der Waals surface area contributed by atoms with E-state index >= 15 is 0 Å². The van der Waals surface area contributed by atoms with Gasteiger partial charge in [0.25, 0.3) is 0 Å². The van der Waals surface area contributed by atoms with Crippen molar-refractivity contribution in [3.05, 3.63) is 13.8 Å². The van der Waals surface area contributed by atoms with Crippen LogP contribution in [0.2, 0.25) is 0 Å². The van der Waals surface area contributed by atoms with Crippen molar-refractivity contribution in [2.45, 2.75) is 77.0 Å². The number of rotatable bonds is 10. The zero-order valence-electron chi connectivity index (χ0n) is 10.9. The molecule has 0 aliphatic heterocycles. The molecule has 0 aromatic heterocycles. The third kappa shape index (κ3) is 13.6. The van der Waals surface area contributed by atoms with E-state index in [9.17, 15) is 0 Å². The highest BCUT2D eigenvalue weighted by molar-refractivity contribution is 4.98. The molecule has 0 nitrogen and oxygen atoms in total. The molecule has 0 aromatic rings. The lowest BCUT2D eigenvalue weighted by Crippen LogP contribution is -1.81. The Balaban J connectivity index is 2.93. The molecule has 0 bridgehead atoms. The Hall–Kier alpha value is -0.440. The Morgan fingerprint density at radius 2 is 1.06 bits per heavy atom. The van der Waals surface area contributed by atoms with Crippen LogP contribution in [-0.2, 0) is 0 Å². The SMILES string of the molecule is [CH2]CC#CCCCCCCCCCCC[CH2]. The maximum absolute atomic E-state index is 3.86. The van der Waals surface area contributed by atoms with Crippen molar-refractivity contribution in [1.82, 2.24) is 0 Å². The molecule has 0 aliphatic carbocycles. The molecule has 16 heavy (non-hydrogen) atoms. The van der Waals surface area contributed by atoms with Crippen LogP contribution in [0.1, 0.15) is 77.0 Å². The first-order valence-corrected chi connectivity index (χ1v) is 6.96. The summed E-state index contributed by atoms with van der Waals surface area (Å²) in [7, 11) is 0. The molecule has 0 rings (SSSR count). The van der Waals surface area contributed by atoms with Crippen LogP contribution in [-0.4, -0.2) is 0 Å². The minimum Gasteiger partial charge on any atom is -0.103 e. The van der Waals surface area contributed by atoms with E-state index in [0.717, 1.165) is 19.3 Å². The van der Waals surface area contributed by atoms with Crippen LogP contribution in [0.15, 0.2) is 0 Å². The molecule has 0 amide bonds. The third-order valence-corrected chi connectivity index (χ3v) is 2.80. The zero-order chi connectivity index (χ0) is 11.9. The predicted octanol–water partition coefficient (Wildman–Crippen LogP) is 5.34. The van der Waals surface area contributed by atoms with Gasteiger partial charge in [0.05, 0.1) is 0 Å². The summed E-state index contributed by atoms with van der Waals surface area (Å²) >= 11 is 0. The first-order chi connectivity index (χ1) is 7.91. The van der Waals surface area contributed by atoms with Gasteiger partial charge in [0.1, 0.15) is 0 Å². The van der Waals surface area contributed by atoms with Crippen LogP contribution in [0.25, 0.3) is 0 Å². The molecule has 0 saturated heterocycles. The molecule has 0 N–H and O–H groups in total. The number of hydrogen-bond acceptors (Lipinski definition) is 0. The molecule has 2 radical (unpaired) electrons. The first-order valence-electron chi connectivity index (χ1n) is 6.96. The fraction of sp³-hybridized carbons (Fsp3) is 0.750. The van der Waals surface area contributed by atoms with Gasteiger partial charge in [-0.05, 0) is 13.3 Å². The Morgan fingerprint density at radius 1 is 0.562 bits per heavy atom. The van der Waals surface area contributed by atoms with Gasteiger partial charge in [-0.15, -0.1) is 11.8 Å².